The standard InChI is InChI=1S/C35H31F3N4O3/c1-44-27-14-10-25(32(18-27)45-2)19-39-33-29-17-24(11-15-31(29)40-21-41-33)23-7-5-6-22(16-23)20-42(26-12-13-26)34(43)28-8-3-4-9-30(28)35(36,37)38/h3-11,14-18,21,26H,12-13,19-20H2,1-2H3,(H,39,40,41). The molecule has 1 N–H and O–H groups in total. The second-order valence-electron chi connectivity index (χ2n) is 10.9. The maximum atomic E-state index is 13.7. The third kappa shape index (κ3) is 6.55. The van der Waals surface area contributed by atoms with Crippen molar-refractivity contribution in [3.05, 3.63) is 114 Å². The Morgan fingerprint density at radius 2 is 1.71 bits per heavy atom. The summed E-state index contributed by atoms with van der Waals surface area (Å²) in [6, 6.07) is 24.1. The minimum absolute atomic E-state index is 0.0850. The highest BCUT2D eigenvalue weighted by atomic mass is 19.4. The Labute approximate surface area is 258 Å². The van der Waals surface area contributed by atoms with Crippen LogP contribution in [-0.2, 0) is 19.3 Å². The third-order valence-electron chi connectivity index (χ3n) is 7.90. The van der Waals surface area contributed by atoms with Gasteiger partial charge in [-0.3, -0.25) is 4.79 Å². The van der Waals surface area contributed by atoms with Crippen molar-refractivity contribution in [2.45, 2.75) is 38.1 Å². The zero-order chi connectivity index (χ0) is 31.6. The summed E-state index contributed by atoms with van der Waals surface area (Å²) >= 11 is 0. The lowest BCUT2D eigenvalue weighted by Gasteiger charge is -2.24. The van der Waals surface area contributed by atoms with E-state index in [2.05, 4.69) is 15.3 Å². The molecule has 0 unspecified atom stereocenters. The number of benzene rings is 4. The Hall–Kier alpha value is -5.12. The Balaban J connectivity index is 1.26. The van der Waals surface area contributed by atoms with Gasteiger partial charge in [0.25, 0.3) is 5.91 Å². The number of rotatable bonds is 10. The van der Waals surface area contributed by atoms with Crippen LogP contribution in [0.1, 0.15) is 39.9 Å². The van der Waals surface area contributed by atoms with Crippen molar-refractivity contribution in [2.75, 3.05) is 19.5 Å². The molecule has 0 aliphatic heterocycles. The fraction of sp³-hybridized carbons (Fsp3) is 0.229. The van der Waals surface area contributed by atoms with E-state index in [0.717, 1.165) is 52.1 Å². The number of alkyl halides is 3. The number of carbonyl (C=O) groups is 1. The first-order chi connectivity index (χ1) is 21.7. The van der Waals surface area contributed by atoms with E-state index in [4.69, 9.17) is 9.47 Å². The van der Waals surface area contributed by atoms with Crippen LogP contribution < -0.4 is 14.8 Å². The summed E-state index contributed by atoms with van der Waals surface area (Å²) in [5, 5.41) is 4.22. The van der Waals surface area contributed by atoms with Crippen molar-refractivity contribution < 1.29 is 27.4 Å². The van der Waals surface area contributed by atoms with Crippen molar-refractivity contribution in [3.8, 4) is 22.6 Å². The topological polar surface area (TPSA) is 76.6 Å². The number of nitrogens with zero attached hydrogens (tertiary/aromatic N) is 3. The van der Waals surface area contributed by atoms with Crippen LogP contribution in [0.4, 0.5) is 19.0 Å². The normalized spacial score (nSPS) is 13.0. The molecule has 1 aliphatic rings. The van der Waals surface area contributed by atoms with Crippen LogP contribution in [0.15, 0.2) is 91.3 Å². The van der Waals surface area contributed by atoms with E-state index in [0.29, 0.717) is 23.9 Å². The molecule has 7 nitrogen and oxygen atoms in total. The molecule has 1 aromatic heterocycles. The van der Waals surface area contributed by atoms with Gasteiger partial charge in [0.2, 0.25) is 0 Å². The average Bonchev–Trinajstić information content (AvgIpc) is 3.91. The largest absolute Gasteiger partial charge is 0.497 e. The van der Waals surface area contributed by atoms with E-state index >= 15 is 0 Å². The number of nitrogens with one attached hydrogen (secondary N) is 1. The summed E-state index contributed by atoms with van der Waals surface area (Å²) < 4.78 is 51.9. The molecular formula is C35H31F3N4O3. The molecule has 45 heavy (non-hydrogen) atoms. The maximum absolute atomic E-state index is 13.7. The quantitative estimate of drug-likeness (QED) is 0.174. The summed E-state index contributed by atoms with van der Waals surface area (Å²) in [6.07, 6.45) is -1.57. The molecule has 10 heteroatoms. The summed E-state index contributed by atoms with van der Waals surface area (Å²) in [5.74, 6) is 1.44. The van der Waals surface area contributed by atoms with Gasteiger partial charge in [0, 0.05) is 36.1 Å². The van der Waals surface area contributed by atoms with Crippen LogP contribution in [0.25, 0.3) is 22.0 Å². The molecule has 0 bridgehead atoms. The second kappa shape index (κ2) is 12.5. The van der Waals surface area contributed by atoms with E-state index in [9.17, 15) is 18.0 Å². The fourth-order valence-corrected chi connectivity index (χ4v) is 5.42. The SMILES string of the molecule is COc1ccc(CNc2ncnc3ccc(-c4cccc(CN(C(=O)c5ccccc5C(F)(F)F)C5CC5)c4)cc23)c(OC)c1. The van der Waals surface area contributed by atoms with Crippen LogP contribution in [0, 0.1) is 0 Å². The van der Waals surface area contributed by atoms with Crippen molar-refractivity contribution in [1.29, 1.82) is 0 Å². The highest BCUT2D eigenvalue weighted by Crippen LogP contribution is 2.36. The molecule has 1 heterocycles. The number of halogens is 3. The predicted molar refractivity (Wildman–Crippen MR) is 166 cm³/mol. The maximum Gasteiger partial charge on any atom is 0.417 e. The summed E-state index contributed by atoms with van der Waals surface area (Å²) in [6.45, 7) is 0.665. The highest BCUT2D eigenvalue weighted by molar-refractivity contribution is 5.96. The highest BCUT2D eigenvalue weighted by Gasteiger charge is 2.39. The van der Waals surface area contributed by atoms with Gasteiger partial charge in [0.15, 0.2) is 0 Å². The molecule has 1 aliphatic carbocycles. The van der Waals surface area contributed by atoms with E-state index in [1.54, 1.807) is 19.1 Å². The van der Waals surface area contributed by atoms with Crippen LogP contribution in [0.3, 0.4) is 0 Å². The Kier molecular flexibility index (Phi) is 8.30. The number of fused-ring (bicyclic) bond motifs is 1. The predicted octanol–water partition coefficient (Wildman–Crippen LogP) is 7.75. The zero-order valence-corrected chi connectivity index (χ0v) is 24.8. The third-order valence-corrected chi connectivity index (χ3v) is 7.90. The Bertz CT molecular complexity index is 1860. The fourth-order valence-electron chi connectivity index (χ4n) is 5.42. The van der Waals surface area contributed by atoms with Crippen molar-refractivity contribution in [1.82, 2.24) is 14.9 Å². The minimum Gasteiger partial charge on any atom is -0.497 e. The van der Waals surface area contributed by atoms with Crippen molar-refractivity contribution in [3.63, 3.8) is 0 Å². The Morgan fingerprint density at radius 3 is 2.47 bits per heavy atom. The van der Waals surface area contributed by atoms with Gasteiger partial charge in [0.1, 0.15) is 23.6 Å². The van der Waals surface area contributed by atoms with E-state index in [1.807, 2.05) is 60.7 Å². The average molecular weight is 613 g/mol. The number of aromatic nitrogens is 2. The van der Waals surface area contributed by atoms with Gasteiger partial charge >= 0.3 is 6.18 Å². The zero-order valence-electron chi connectivity index (χ0n) is 24.8. The van der Waals surface area contributed by atoms with Crippen LogP contribution in [0.5, 0.6) is 11.5 Å². The summed E-state index contributed by atoms with van der Waals surface area (Å²) in [4.78, 5) is 23.9. The number of amides is 1. The smallest absolute Gasteiger partial charge is 0.417 e. The molecule has 0 radical (unpaired) electrons. The van der Waals surface area contributed by atoms with E-state index < -0.39 is 17.6 Å². The first-order valence-corrected chi connectivity index (χ1v) is 14.5. The first kappa shape index (κ1) is 29.9. The molecule has 5 aromatic rings. The van der Waals surface area contributed by atoms with Crippen LogP contribution >= 0.6 is 0 Å². The second-order valence-corrected chi connectivity index (χ2v) is 10.9. The lowest BCUT2D eigenvalue weighted by atomic mass is 10.0. The molecule has 0 atom stereocenters. The number of carbonyl (C=O) groups excluding carboxylic acids is 1. The molecule has 4 aromatic carbocycles. The molecule has 1 fully saturated rings. The number of hydrogen-bond donors (Lipinski definition) is 1. The van der Waals surface area contributed by atoms with Gasteiger partial charge < -0.3 is 19.7 Å². The lowest BCUT2D eigenvalue weighted by molar-refractivity contribution is -0.138. The first-order valence-electron chi connectivity index (χ1n) is 14.5. The molecule has 1 saturated carbocycles. The molecule has 1 amide bonds. The Morgan fingerprint density at radius 1 is 0.911 bits per heavy atom. The lowest BCUT2D eigenvalue weighted by Crippen LogP contribution is -2.34. The monoisotopic (exact) mass is 612 g/mol. The van der Waals surface area contributed by atoms with Crippen LogP contribution in [-0.4, -0.2) is 41.0 Å². The van der Waals surface area contributed by atoms with Gasteiger partial charge in [-0.2, -0.15) is 13.2 Å². The number of ether oxygens (including phenoxy) is 2. The molecule has 0 spiro atoms. The summed E-state index contributed by atoms with van der Waals surface area (Å²) in [5.41, 5.74) is 3.10. The molecule has 230 valence electrons. The number of hydrogen-bond acceptors (Lipinski definition) is 6. The molecule has 6 rings (SSSR count). The van der Waals surface area contributed by atoms with Gasteiger partial charge in [-0.25, -0.2) is 9.97 Å². The van der Waals surface area contributed by atoms with E-state index in [-0.39, 0.29) is 18.2 Å². The van der Waals surface area contributed by atoms with Gasteiger partial charge in [-0.15, -0.1) is 0 Å². The number of methoxy groups -OCH3 is 2. The van der Waals surface area contributed by atoms with E-state index in [1.165, 1.54) is 24.5 Å². The van der Waals surface area contributed by atoms with Gasteiger partial charge in [0.05, 0.1) is 30.9 Å². The van der Waals surface area contributed by atoms with Crippen molar-refractivity contribution >= 4 is 22.6 Å². The molecular weight excluding hydrogens is 581 g/mol. The summed E-state index contributed by atoms with van der Waals surface area (Å²) in [7, 11) is 3.22. The van der Waals surface area contributed by atoms with Gasteiger partial charge in [-0.05, 0) is 72.0 Å². The minimum atomic E-state index is -4.62. The molecule has 0 saturated heterocycles. The van der Waals surface area contributed by atoms with Crippen LogP contribution in [0.2, 0.25) is 0 Å². The van der Waals surface area contributed by atoms with Gasteiger partial charge in [-0.1, -0.05) is 36.4 Å². The number of anilines is 1. The van der Waals surface area contributed by atoms with Crippen molar-refractivity contribution in [2.24, 2.45) is 0 Å².